The van der Waals surface area contributed by atoms with Crippen LogP contribution in [0.4, 0.5) is 0 Å². The summed E-state index contributed by atoms with van der Waals surface area (Å²) in [6.45, 7) is 8.31. The van der Waals surface area contributed by atoms with Crippen molar-refractivity contribution in [1.82, 2.24) is 15.1 Å². The van der Waals surface area contributed by atoms with Crippen LogP contribution >= 0.6 is 22.7 Å². The van der Waals surface area contributed by atoms with Gasteiger partial charge in [-0.1, -0.05) is 12.1 Å². The van der Waals surface area contributed by atoms with Crippen molar-refractivity contribution in [2.45, 2.75) is 19.4 Å². The highest BCUT2D eigenvalue weighted by Crippen LogP contribution is 2.26. The van der Waals surface area contributed by atoms with Crippen molar-refractivity contribution < 1.29 is 4.74 Å². The molecule has 3 rings (SSSR count). The molecule has 27 heavy (non-hydrogen) atoms. The van der Waals surface area contributed by atoms with E-state index in [0.717, 1.165) is 58.3 Å². The molecule has 7 heteroatoms. The number of nitrogens with zero attached hydrogens (tertiary/aromatic N) is 3. The predicted octanol–water partition coefficient (Wildman–Crippen LogP) is 3.32. The number of nitrogens with one attached hydrogen (secondary N) is 1. The maximum absolute atomic E-state index is 5.54. The van der Waals surface area contributed by atoms with Crippen molar-refractivity contribution in [1.29, 1.82) is 0 Å². The Morgan fingerprint density at radius 2 is 2.04 bits per heavy atom. The number of morpholine rings is 1. The van der Waals surface area contributed by atoms with Crippen LogP contribution in [0.25, 0.3) is 0 Å². The van der Waals surface area contributed by atoms with E-state index in [2.05, 4.69) is 64.1 Å². The maximum atomic E-state index is 5.54. The second kappa shape index (κ2) is 10.8. The molecule has 5 nitrogen and oxygen atoms in total. The summed E-state index contributed by atoms with van der Waals surface area (Å²) in [4.78, 5) is 12.6. The van der Waals surface area contributed by atoms with Crippen LogP contribution in [0.15, 0.2) is 40.0 Å². The molecular weight excluding hydrogens is 376 g/mol. The second-order valence-electron chi connectivity index (χ2n) is 6.63. The van der Waals surface area contributed by atoms with Crippen LogP contribution in [-0.2, 0) is 11.2 Å². The van der Waals surface area contributed by atoms with Gasteiger partial charge in [0.15, 0.2) is 5.96 Å². The number of rotatable bonds is 8. The number of aliphatic imine (C=N–C) groups is 1. The zero-order valence-corrected chi connectivity index (χ0v) is 17.9. The maximum Gasteiger partial charge on any atom is 0.193 e. The Morgan fingerprint density at radius 3 is 2.70 bits per heavy atom. The quantitative estimate of drug-likeness (QED) is 0.539. The number of ether oxygens (including phenoxy) is 1. The number of thiophene rings is 2. The lowest BCUT2D eigenvalue weighted by Gasteiger charge is -2.33. The predicted molar refractivity (Wildman–Crippen MR) is 116 cm³/mol. The van der Waals surface area contributed by atoms with Gasteiger partial charge < -0.3 is 15.0 Å². The molecule has 1 N–H and O–H groups in total. The van der Waals surface area contributed by atoms with E-state index in [4.69, 9.17) is 9.73 Å². The number of guanidine groups is 1. The van der Waals surface area contributed by atoms with Crippen molar-refractivity contribution in [3.63, 3.8) is 0 Å². The molecule has 0 bridgehead atoms. The summed E-state index contributed by atoms with van der Waals surface area (Å²) in [6.07, 6.45) is 1.05. The third-order valence-corrected chi connectivity index (χ3v) is 6.65. The molecule has 1 aliphatic heterocycles. The van der Waals surface area contributed by atoms with Gasteiger partial charge in [0, 0.05) is 43.0 Å². The minimum absolute atomic E-state index is 0.327. The summed E-state index contributed by atoms with van der Waals surface area (Å²) in [5.74, 6) is 0.990. The van der Waals surface area contributed by atoms with Crippen molar-refractivity contribution in [2.75, 3.05) is 53.0 Å². The SMILES string of the molecule is CCNC(=NCC(c1cccs1)N1CCOCC1)N(C)CCc1cccs1. The van der Waals surface area contributed by atoms with Crippen LogP contribution in [-0.4, -0.2) is 68.7 Å². The number of hydrogen-bond donors (Lipinski definition) is 1. The molecule has 0 radical (unpaired) electrons. The largest absolute Gasteiger partial charge is 0.379 e. The molecule has 1 unspecified atom stereocenters. The summed E-state index contributed by atoms with van der Waals surface area (Å²) in [7, 11) is 2.13. The summed E-state index contributed by atoms with van der Waals surface area (Å²) in [5.41, 5.74) is 0. The molecule has 0 spiro atoms. The van der Waals surface area contributed by atoms with E-state index < -0.39 is 0 Å². The van der Waals surface area contributed by atoms with Crippen molar-refractivity contribution in [2.24, 2.45) is 4.99 Å². The molecule has 1 saturated heterocycles. The van der Waals surface area contributed by atoms with Gasteiger partial charge >= 0.3 is 0 Å². The lowest BCUT2D eigenvalue weighted by atomic mass is 10.2. The van der Waals surface area contributed by atoms with Gasteiger partial charge in [0.1, 0.15) is 0 Å². The lowest BCUT2D eigenvalue weighted by Crippen LogP contribution is -2.42. The normalized spacial score (nSPS) is 17.0. The van der Waals surface area contributed by atoms with Gasteiger partial charge in [-0.2, -0.15) is 0 Å². The average molecular weight is 407 g/mol. The number of hydrogen-bond acceptors (Lipinski definition) is 5. The van der Waals surface area contributed by atoms with E-state index in [1.165, 1.54) is 9.75 Å². The van der Waals surface area contributed by atoms with E-state index in [0.29, 0.717) is 6.04 Å². The Kier molecular flexibility index (Phi) is 8.13. The third-order valence-electron chi connectivity index (χ3n) is 4.74. The standard InChI is InChI=1S/C20H30N4OS2/c1-3-21-20(23(2)9-8-17-6-4-14-26-17)22-16-18(19-7-5-15-27-19)24-10-12-25-13-11-24/h4-7,14-15,18H,3,8-13,16H2,1-2H3,(H,21,22). The molecule has 2 aromatic rings. The van der Waals surface area contributed by atoms with Crippen LogP contribution in [0.2, 0.25) is 0 Å². The Balaban J connectivity index is 1.66. The van der Waals surface area contributed by atoms with E-state index in [1.807, 2.05) is 22.7 Å². The monoisotopic (exact) mass is 406 g/mol. The fraction of sp³-hybridized carbons (Fsp3) is 0.550. The van der Waals surface area contributed by atoms with E-state index in [-0.39, 0.29) is 0 Å². The van der Waals surface area contributed by atoms with Crippen molar-refractivity contribution in [3.8, 4) is 0 Å². The molecule has 0 saturated carbocycles. The molecule has 2 aromatic heterocycles. The van der Waals surface area contributed by atoms with E-state index >= 15 is 0 Å². The van der Waals surface area contributed by atoms with E-state index in [1.54, 1.807) is 0 Å². The molecule has 148 valence electrons. The van der Waals surface area contributed by atoms with Crippen LogP contribution in [0, 0.1) is 0 Å². The Labute approximate surface area is 170 Å². The van der Waals surface area contributed by atoms with Crippen molar-refractivity contribution in [3.05, 3.63) is 44.8 Å². The summed E-state index contributed by atoms with van der Waals surface area (Å²) in [5, 5.41) is 7.75. The minimum atomic E-state index is 0.327. The highest BCUT2D eigenvalue weighted by molar-refractivity contribution is 7.10. The second-order valence-corrected chi connectivity index (χ2v) is 8.64. The molecule has 0 aromatic carbocycles. The lowest BCUT2D eigenvalue weighted by molar-refractivity contribution is 0.0186. The first-order valence-electron chi connectivity index (χ1n) is 9.65. The average Bonchev–Trinajstić information content (AvgIpc) is 3.40. The highest BCUT2D eigenvalue weighted by Gasteiger charge is 2.23. The van der Waals surface area contributed by atoms with Gasteiger partial charge in [-0.25, -0.2) is 0 Å². The minimum Gasteiger partial charge on any atom is -0.379 e. The molecule has 0 aliphatic carbocycles. The number of likely N-dealkylation sites (N-methyl/N-ethyl adjacent to an activating group) is 1. The molecule has 1 fully saturated rings. The fourth-order valence-electron chi connectivity index (χ4n) is 3.24. The van der Waals surface area contributed by atoms with Crippen LogP contribution in [0.3, 0.4) is 0 Å². The first kappa shape index (κ1) is 20.3. The fourth-order valence-corrected chi connectivity index (χ4v) is 4.79. The molecule has 1 aliphatic rings. The molecular formula is C20H30N4OS2. The van der Waals surface area contributed by atoms with Crippen LogP contribution in [0.5, 0.6) is 0 Å². The summed E-state index contributed by atoms with van der Waals surface area (Å²) in [6, 6.07) is 9.01. The summed E-state index contributed by atoms with van der Waals surface area (Å²) < 4.78 is 5.54. The first-order chi connectivity index (χ1) is 13.3. The van der Waals surface area contributed by atoms with Gasteiger partial charge in [0.05, 0.1) is 25.8 Å². The van der Waals surface area contributed by atoms with Crippen LogP contribution < -0.4 is 5.32 Å². The van der Waals surface area contributed by atoms with E-state index in [9.17, 15) is 0 Å². The van der Waals surface area contributed by atoms with Gasteiger partial charge in [0.2, 0.25) is 0 Å². The smallest absolute Gasteiger partial charge is 0.193 e. The first-order valence-corrected chi connectivity index (χ1v) is 11.4. The Bertz CT molecular complexity index is 666. The topological polar surface area (TPSA) is 40.1 Å². The van der Waals surface area contributed by atoms with Gasteiger partial charge in [-0.3, -0.25) is 9.89 Å². The highest BCUT2D eigenvalue weighted by atomic mass is 32.1. The third kappa shape index (κ3) is 6.04. The summed E-state index contributed by atoms with van der Waals surface area (Å²) >= 11 is 3.64. The molecule has 1 atom stereocenters. The Hall–Kier alpha value is -1.41. The van der Waals surface area contributed by atoms with Gasteiger partial charge in [-0.15, -0.1) is 22.7 Å². The molecule has 0 amide bonds. The van der Waals surface area contributed by atoms with Gasteiger partial charge in [-0.05, 0) is 36.2 Å². The van der Waals surface area contributed by atoms with Crippen molar-refractivity contribution >= 4 is 28.6 Å². The van der Waals surface area contributed by atoms with Gasteiger partial charge in [0.25, 0.3) is 0 Å². The van der Waals surface area contributed by atoms with Crippen LogP contribution in [0.1, 0.15) is 22.7 Å². The zero-order valence-electron chi connectivity index (χ0n) is 16.3. The Morgan fingerprint density at radius 1 is 1.26 bits per heavy atom. The zero-order chi connectivity index (χ0) is 18.9. The molecule has 3 heterocycles.